The summed E-state index contributed by atoms with van der Waals surface area (Å²) in [6.45, 7) is 8.50. The van der Waals surface area contributed by atoms with Crippen molar-refractivity contribution in [3.8, 4) is 0 Å². The summed E-state index contributed by atoms with van der Waals surface area (Å²) >= 11 is 0. The Morgan fingerprint density at radius 3 is 2.76 bits per heavy atom. The molecule has 2 unspecified atom stereocenters. The van der Waals surface area contributed by atoms with Crippen molar-refractivity contribution in [3.63, 3.8) is 0 Å². The number of nitrogens with one attached hydrogen (secondary N) is 1. The maximum Gasteiger partial charge on any atom is 0.0220 e. The Kier molecular flexibility index (Phi) is 7.87. The van der Waals surface area contributed by atoms with Crippen molar-refractivity contribution < 1.29 is 0 Å². The van der Waals surface area contributed by atoms with E-state index in [0.29, 0.717) is 0 Å². The predicted octanol–water partition coefficient (Wildman–Crippen LogP) is 3.28. The van der Waals surface area contributed by atoms with Gasteiger partial charge in [0.25, 0.3) is 0 Å². The Hall–Kier alpha value is -0.0800. The summed E-state index contributed by atoms with van der Waals surface area (Å²) < 4.78 is 0. The van der Waals surface area contributed by atoms with E-state index in [1.165, 1.54) is 64.6 Å². The zero-order valence-electron chi connectivity index (χ0n) is 12.2. The van der Waals surface area contributed by atoms with E-state index < -0.39 is 0 Å². The molecule has 0 amide bonds. The predicted molar refractivity (Wildman–Crippen MR) is 76.4 cm³/mol. The smallest absolute Gasteiger partial charge is 0.0220 e. The third-order valence-electron chi connectivity index (χ3n) is 4.22. The number of likely N-dealkylation sites (tertiary alicyclic amines) is 1. The number of nitrogens with zero attached hydrogens (tertiary/aromatic N) is 1. The highest BCUT2D eigenvalue weighted by Gasteiger charge is 2.23. The lowest BCUT2D eigenvalue weighted by molar-refractivity contribution is 0.120. The maximum absolute atomic E-state index is 3.36. The molecule has 2 nitrogen and oxygen atoms in total. The second-order valence-electron chi connectivity index (χ2n) is 5.62. The largest absolute Gasteiger partial charge is 0.318 e. The first-order valence-electron chi connectivity index (χ1n) is 7.70. The van der Waals surface area contributed by atoms with Crippen LogP contribution in [0.2, 0.25) is 0 Å². The van der Waals surface area contributed by atoms with Crippen LogP contribution in [0.15, 0.2) is 0 Å². The van der Waals surface area contributed by atoms with Gasteiger partial charge in [-0.15, -0.1) is 0 Å². The molecule has 102 valence electrons. The van der Waals surface area contributed by atoms with Crippen LogP contribution in [0.5, 0.6) is 0 Å². The van der Waals surface area contributed by atoms with Gasteiger partial charge in [-0.05, 0) is 38.8 Å². The van der Waals surface area contributed by atoms with E-state index in [0.717, 1.165) is 12.0 Å². The number of rotatable bonds is 8. The first kappa shape index (κ1) is 15.0. The molecule has 0 aromatic carbocycles. The molecule has 17 heavy (non-hydrogen) atoms. The van der Waals surface area contributed by atoms with Crippen LogP contribution in [0.3, 0.4) is 0 Å². The maximum atomic E-state index is 3.36. The van der Waals surface area contributed by atoms with Crippen LogP contribution in [0.4, 0.5) is 0 Å². The molecule has 0 saturated carbocycles. The van der Waals surface area contributed by atoms with Crippen LogP contribution in [0.1, 0.15) is 58.8 Å². The molecular weight excluding hydrogens is 208 g/mol. The quantitative estimate of drug-likeness (QED) is 0.700. The lowest BCUT2D eigenvalue weighted by Gasteiger charge is -2.37. The molecular formula is C15H32N2. The molecule has 1 rings (SSSR count). The summed E-state index contributed by atoms with van der Waals surface area (Å²) in [5.74, 6) is 0.924. The van der Waals surface area contributed by atoms with Gasteiger partial charge in [-0.1, -0.05) is 39.5 Å². The molecule has 1 aliphatic rings. The highest BCUT2D eigenvalue weighted by atomic mass is 15.2. The third kappa shape index (κ3) is 5.39. The Balaban J connectivity index is 2.38. The third-order valence-corrected chi connectivity index (χ3v) is 4.22. The second kappa shape index (κ2) is 8.93. The van der Waals surface area contributed by atoms with Gasteiger partial charge in [0.05, 0.1) is 0 Å². The lowest BCUT2D eigenvalue weighted by Crippen LogP contribution is -2.46. The summed E-state index contributed by atoms with van der Waals surface area (Å²) in [6.07, 6.45) is 9.75. The molecule has 1 fully saturated rings. The van der Waals surface area contributed by atoms with Gasteiger partial charge in [0.1, 0.15) is 0 Å². The number of hydrogen-bond donors (Lipinski definition) is 1. The molecule has 0 aliphatic carbocycles. The van der Waals surface area contributed by atoms with Crippen molar-refractivity contribution in [2.45, 2.75) is 64.8 Å². The molecule has 0 aromatic heterocycles. The van der Waals surface area contributed by atoms with Gasteiger partial charge in [0.2, 0.25) is 0 Å². The molecule has 1 aliphatic heterocycles. The highest BCUT2D eigenvalue weighted by Crippen LogP contribution is 2.21. The number of piperidine rings is 1. The van der Waals surface area contributed by atoms with Gasteiger partial charge in [-0.25, -0.2) is 0 Å². The average molecular weight is 240 g/mol. The van der Waals surface area contributed by atoms with E-state index in [2.05, 4.69) is 31.1 Å². The minimum Gasteiger partial charge on any atom is -0.318 e. The van der Waals surface area contributed by atoms with Gasteiger partial charge in [0, 0.05) is 19.1 Å². The van der Waals surface area contributed by atoms with Crippen molar-refractivity contribution in [3.05, 3.63) is 0 Å². The first-order chi connectivity index (χ1) is 8.31. The molecule has 1 N–H and O–H groups in total. The van der Waals surface area contributed by atoms with E-state index in [4.69, 9.17) is 0 Å². The fraction of sp³-hybridized carbons (Fsp3) is 1.00. The van der Waals surface area contributed by atoms with Crippen LogP contribution in [0, 0.1) is 5.92 Å². The topological polar surface area (TPSA) is 15.3 Å². The fourth-order valence-corrected chi connectivity index (χ4v) is 3.02. The number of hydrogen-bond acceptors (Lipinski definition) is 2. The van der Waals surface area contributed by atoms with Gasteiger partial charge < -0.3 is 5.32 Å². The van der Waals surface area contributed by atoms with Gasteiger partial charge in [-0.3, -0.25) is 4.90 Å². The Labute approximate surface area is 108 Å². The summed E-state index contributed by atoms with van der Waals surface area (Å²) in [7, 11) is 2.08. The molecule has 1 heterocycles. The lowest BCUT2D eigenvalue weighted by atomic mass is 9.95. The first-order valence-corrected chi connectivity index (χ1v) is 7.70. The number of unbranched alkanes of at least 4 members (excludes halogenated alkanes) is 1. The Morgan fingerprint density at radius 2 is 2.12 bits per heavy atom. The molecule has 0 radical (unpaired) electrons. The van der Waals surface area contributed by atoms with Crippen molar-refractivity contribution in [2.24, 2.45) is 5.92 Å². The van der Waals surface area contributed by atoms with Gasteiger partial charge >= 0.3 is 0 Å². The monoisotopic (exact) mass is 240 g/mol. The van der Waals surface area contributed by atoms with Crippen LogP contribution < -0.4 is 5.32 Å². The Morgan fingerprint density at radius 1 is 1.29 bits per heavy atom. The molecule has 0 spiro atoms. The minimum absolute atomic E-state index is 0.796. The van der Waals surface area contributed by atoms with Crippen LogP contribution in [0.25, 0.3) is 0 Å². The summed E-state index contributed by atoms with van der Waals surface area (Å²) in [4.78, 5) is 2.75. The van der Waals surface area contributed by atoms with E-state index in [1.54, 1.807) is 0 Å². The summed E-state index contributed by atoms with van der Waals surface area (Å²) in [6, 6.07) is 0.796. The highest BCUT2D eigenvalue weighted by molar-refractivity contribution is 4.80. The average Bonchev–Trinajstić information content (AvgIpc) is 2.36. The SMILES string of the molecule is CCCCC(CC)CN1CCCCC1CNC. The van der Waals surface area contributed by atoms with E-state index in [1.807, 2.05) is 0 Å². The molecule has 0 bridgehead atoms. The molecule has 2 atom stereocenters. The van der Waals surface area contributed by atoms with Crippen LogP contribution in [-0.2, 0) is 0 Å². The zero-order chi connectivity index (χ0) is 12.5. The molecule has 1 saturated heterocycles. The van der Waals surface area contributed by atoms with Gasteiger partial charge in [-0.2, -0.15) is 0 Å². The van der Waals surface area contributed by atoms with Crippen LogP contribution in [-0.4, -0.2) is 37.6 Å². The standard InChI is InChI=1S/C15H32N2/c1-4-6-9-14(5-2)13-17-11-8-7-10-15(17)12-16-3/h14-16H,4-13H2,1-3H3. The minimum atomic E-state index is 0.796. The summed E-state index contributed by atoms with van der Waals surface area (Å²) in [5.41, 5.74) is 0. The fourth-order valence-electron chi connectivity index (χ4n) is 3.02. The van der Waals surface area contributed by atoms with E-state index in [-0.39, 0.29) is 0 Å². The van der Waals surface area contributed by atoms with Crippen molar-refractivity contribution >= 4 is 0 Å². The van der Waals surface area contributed by atoms with Crippen LogP contribution >= 0.6 is 0 Å². The number of likely N-dealkylation sites (N-methyl/N-ethyl adjacent to an activating group) is 1. The summed E-state index contributed by atoms with van der Waals surface area (Å²) in [5, 5.41) is 3.36. The zero-order valence-corrected chi connectivity index (χ0v) is 12.2. The van der Waals surface area contributed by atoms with Crippen molar-refractivity contribution in [1.29, 1.82) is 0 Å². The normalized spacial score (nSPS) is 23.8. The molecule has 0 aromatic rings. The molecule has 2 heteroatoms. The van der Waals surface area contributed by atoms with E-state index in [9.17, 15) is 0 Å². The second-order valence-corrected chi connectivity index (χ2v) is 5.62. The Bertz CT molecular complexity index is 180. The van der Waals surface area contributed by atoms with Gasteiger partial charge in [0.15, 0.2) is 0 Å². The van der Waals surface area contributed by atoms with E-state index >= 15 is 0 Å². The van der Waals surface area contributed by atoms with Crippen molar-refractivity contribution in [2.75, 3.05) is 26.7 Å². The van der Waals surface area contributed by atoms with Crippen molar-refractivity contribution in [1.82, 2.24) is 10.2 Å².